The van der Waals surface area contributed by atoms with Crippen LogP contribution in [0.1, 0.15) is 12.5 Å². The van der Waals surface area contributed by atoms with E-state index in [2.05, 4.69) is 5.32 Å². The molecule has 20 heavy (non-hydrogen) atoms. The Balaban J connectivity index is 2.65. The van der Waals surface area contributed by atoms with E-state index in [1.54, 1.807) is 19.2 Å². The summed E-state index contributed by atoms with van der Waals surface area (Å²) in [6.45, 7) is 2.85. The number of ether oxygens (including phenoxy) is 1. The van der Waals surface area contributed by atoms with E-state index in [4.69, 9.17) is 22.7 Å². The number of hydrogen-bond donors (Lipinski definition) is 2. The van der Waals surface area contributed by atoms with E-state index in [0.717, 1.165) is 0 Å². The van der Waals surface area contributed by atoms with Crippen molar-refractivity contribution in [3.63, 3.8) is 0 Å². The number of hydrogen-bond acceptors (Lipinski definition) is 4. The number of para-hydroxylation sites is 1. The Morgan fingerprint density at radius 2 is 2.15 bits per heavy atom. The zero-order valence-corrected chi connectivity index (χ0v) is 12.9. The predicted octanol–water partition coefficient (Wildman–Crippen LogP) is 1.23. The van der Waals surface area contributed by atoms with Crippen molar-refractivity contribution in [2.45, 2.75) is 13.0 Å². The smallest absolute Gasteiger partial charge is 0.238 e. The van der Waals surface area contributed by atoms with Crippen LogP contribution in [0.3, 0.4) is 0 Å². The molecule has 6 heteroatoms. The zero-order valence-electron chi connectivity index (χ0n) is 12.1. The van der Waals surface area contributed by atoms with Crippen LogP contribution >= 0.6 is 12.2 Å². The molecule has 0 spiro atoms. The maximum absolute atomic E-state index is 12.0. The lowest BCUT2D eigenvalue weighted by atomic mass is 10.2. The van der Waals surface area contributed by atoms with Gasteiger partial charge in [-0.2, -0.15) is 0 Å². The van der Waals surface area contributed by atoms with Gasteiger partial charge in [-0.25, -0.2) is 0 Å². The highest BCUT2D eigenvalue weighted by Crippen LogP contribution is 2.14. The minimum Gasteiger partial charge on any atom is -0.389 e. The van der Waals surface area contributed by atoms with E-state index >= 15 is 0 Å². The van der Waals surface area contributed by atoms with Gasteiger partial charge in [-0.05, 0) is 26.1 Å². The summed E-state index contributed by atoms with van der Waals surface area (Å²) in [5.74, 6) is -0.112. The summed E-state index contributed by atoms with van der Waals surface area (Å²) in [6.07, 6.45) is 0. The van der Waals surface area contributed by atoms with Gasteiger partial charge in [-0.15, -0.1) is 0 Å². The average Bonchev–Trinajstić information content (AvgIpc) is 2.39. The van der Waals surface area contributed by atoms with E-state index in [0.29, 0.717) is 17.9 Å². The molecule has 0 fully saturated rings. The first-order chi connectivity index (χ1) is 9.45. The number of nitrogens with one attached hydrogen (secondary N) is 1. The molecule has 1 atom stereocenters. The van der Waals surface area contributed by atoms with Gasteiger partial charge in [0.25, 0.3) is 0 Å². The first-order valence-electron chi connectivity index (χ1n) is 6.33. The fourth-order valence-corrected chi connectivity index (χ4v) is 1.93. The number of rotatable bonds is 7. The van der Waals surface area contributed by atoms with Crippen molar-refractivity contribution in [1.29, 1.82) is 0 Å². The van der Waals surface area contributed by atoms with Crippen molar-refractivity contribution >= 4 is 28.8 Å². The topological polar surface area (TPSA) is 67.6 Å². The quantitative estimate of drug-likeness (QED) is 0.741. The average molecular weight is 295 g/mol. The van der Waals surface area contributed by atoms with Crippen molar-refractivity contribution in [3.8, 4) is 0 Å². The van der Waals surface area contributed by atoms with Crippen molar-refractivity contribution in [2.24, 2.45) is 5.73 Å². The van der Waals surface area contributed by atoms with Crippen LogP contribution in [0.2, 0.25) is 0 Å². The highest BCUT2D eigenvalue weighted by molar-refractivity contribution is 7.80. The number of likely N-dealkylation sites (N-methyl/N-ethyl adjacent to an activating group) is 1. The molecule has 0 aliphatic rings. The van der Waals surface area contributed by atoms with Gasteiger partial charge in [-0.1, -0.05) is 24.4 Å². The number of carbonyl (C=O) groups is 1. The molecule has 1 amide bonds. The van der Waals surface area contributed by atoms with Crippen molar-refractivity contribution in [3.05, 3.63) is 29.8 Å². The van der Waals surface area contributed by atoms with Gasteiger partial charge in [0, 0.05) is 18.7 Å². The lowest BCUT2D eigenvalue weighted by Crippen LogP contribution is -2.38. The van der Waals surface area contributed by atoms with Crippen LogP contribution in [0.4, 0.5) is 5.69 Å². The van der Waals surface area contributed by atoms with Crippen molar-refractivity contribution < 1.29 is 9.53 Å². The molecule has 0 aromatic heterocycles. The molecule has 0 saturated carbocycles. The Labute approximate surface area is 125 Å². The molecular weight excluding hydrogens is 274 g/mol. The molecule has 0 aliphatic heterocycles. The van der Waals surface area contributed by atoms with E-state index in [9.17, 15) is 4.79 Å². The summed E-state index contributed by atoms with van der Waals surface area (Å²) in [5, 5.41) is 2.83. The van der Waals surface area contributed by atoms with Crippen molar-refractivity contribution in [1.82, 2.24) is 4.90 Å². The van der Waals surface area contributed by atoms with Gasteiger partial charge in [-0.3, -0.25) is 9.69 Å². The molecule has 0 heterocycles. The summed E-state index contributed by atoms with van der Waals surface area (Å²) in [5.41, 5.74) is 6.94. The Kier molecular flexibility index (Phi) is 6.57. The molecule has 0 saturated heterocycles. The van der Waals surface area contributed by atoms with E-state index in [-0.39, 0.29) is 23.5 Å². The monoisotopic (exact) mass is 295 g/mol. The molecule has 0 radical (unpaired) electrons. The normalized spacial score (nSPS) is 12.2. The molecule has 1 aromatic carbocycles. The summed E-state index contributed by atoms with van der Waals surface area (Å²) >= 11 is 4.97. The Morgan fingerprint density at radius 1 is 1.50 bits per heavy atom. The summed E-state index contributed by atoms with van der Waals surface area (Å²) < 4.78 is 5.07. The lowest BCUT2D eigenvalue weighted by Gasteiger charge is -2.23. The number of nitrogens with zero attached hydrogens (tertiary/aromatic N) is 1. The molecule has 0 bridgehead atoms. The second-order valence-corrected chi connectivity index (χ2v) is 5.12. The number of amides is 1. The van der Waals surface area contributed by atoms with E-state index in [1.165, 1.54) is 0 Å². The molecule has 5 nitrogen and oxygen atoms in total. The van der Waals surface area contributed by atoms with Crippen molar-refractivity contribution in [2.75, 3.05) is 32.6 Å². The summed E-state index contributed by atoms with van der Waals surface area (Å²) in [4.78, 5) is 14.2. The molecule has 1 aromatic rings. The first kappa shape index (κ1) is 16.6. The number of nitrogens with two attached hydrogens (primary N) is 1. The highest BCUT2D eigenvalue weighted by Gasteiger charge is 2.14. The van der Waals surface area contributed by atoms with Crippen LogP contribution in [-0.4, -0.2) is 49.1 Å². The second-order valence-electron chi connectivity index (χ2n) is 4.68. The summed E-state index contributed by atoms with van der Waals surface area (Å²) in [6, 6.07) is 7.39. The second kappa shape index (κ2) is 7.94. The maximum atomic E-state index is 12.0. The lowest BCUT2D eigenvalue weighted by molar-refractivity contribution is -0.117. The third-order valence-electron chi connectivity index (χ3n) is 3.02. The highest BCUT2D eigenvalue weighted by atomic mass is 32.1. The van der Waals surface area contributed by atoms with Gasteiger partial charge in [0.1, 0.15) is 4.99 Å². The Hall–Kier alpha value is -1.50. The standard InChI is InChI=1S/C14H21N3O2S/c1-10(9-19-3)17(2)8-13(18)16-12-7-5-4-6-11(12)14(15)20/h4-7,10H,8-9H2,1-3H3,(H2,15,20)(H,16,18). The Bertz CT molecular complexity index is 479. The van der Waals surface area contributed by atoms with Gasteiger partial charge >= 0.3 is 0 Å². The third kappa shape index (κ3) is 4.88. The number of anilines is 1. The summed E-state index contributed by atoms with van der Waals surface area (Å²) in [7, 11) is 3.52. The fourth-order valence-electron chi connectivity index (χ4n) is 1.75. The molecule has 0 aliphatic carbocycles. The largest absolute Gasteiger partial charge is 0.389 e. The first-order valence-corrected chi connectivity index (χ1v) is 6.74. The minimum absolute atomic E-state index is 0.112. The molecular formula is C14H21N3O2S. The Morgan fingerprint density at radius 3 is 2.75 bits per heavy atom. The van der Waals surface area contributed by atoms with Crippen LogP contribution in [0.5, 0.6) is 0 Å². The van der Waals surface area contributed by atoms with Gasteiger partial charge < -0.3 is 15.8 Å². The SMILES string of the molecule is COCC(C)N(C)CC(=O)Nc1ccccc1C(N)=S. The number of carbonyl (C=O) groups excluding carboxylic acids is 1. The minimum atomic E-state index is -0.112. The van der Waals surface area contributed by atoms with Crippen LogP contribution in [0, 0.1) is 0 Å². The van der Waals surface area contributed by atoms with Crippen LogP contribution in [-0.2, 0) is 9.53 Å². The number of methoxy groups -OCH3 is 1. The molecule has 3 N–H and O–H groups in total. The number of benzene rings is 1. The molecule has 1 rings (SSSR count). The predicted molar refractivity (Wildman–Crippen MR) is 84.9 cm³/mol. The van der Waals surface area contributed by atoms with Gasteiger partial charge in [0.2, 0.25) is 5.91 Å². The zero-order chi connectivity index (χ0) is 15.1. The van der Waals surface area contributed by atoms with Crippen LogP contribution in [0.15, 0.2) is 24.3 Å². The van der Waals surface area contributed by atoms with Gasteiger partial charge in [0.15, 0.2) is 0 Å². The number of thiocarbonyl (C=S) groups is 1. The fraction of sp³-hybridized carbons (Fsp3) is 0.429. The molecule has 1 unspecified atom stereocenters. The van der Waals surface area contributed by atoms with Crippen LogP contribution < -0.4 is 11.1 Å². The third-order valence-corrected chi connectivity index (χ3v) is 3.24. The van der Waals surface area contributed by atoms with Crippen LogP contribution in [0.25, 0.3) is 0 Å². The molecule has 110 valence electrons. The van der Waals surface area contributed by atoms with E-state index < -0.39 is 0 Å². The van der Waals surface area contributed by atoms with Gasteiger partial charge in [0.05, 0.1) is 18.8 Å². The maximum Gasteiger partial charge on any atom is 0.238 e. The van der Waals surface area contributed by atoms with E-state index in [1.807, 2.05) is 31.0 Å².